The van der Waals surface area contributed by atoms with Crippen molar-refractivity contribution in [1.82, 2.24) is 9.80 Å². The molecule has 2 heterocycles. The third-order valence-electron chi connectivity index (χ3n) is 6.44. The highest BCUT2D eigenvalue weighted by Gasteiger charge is 2.35. The summed E-state index contributed by atoms with van der Waals surface area (Å²) in [5.74, 6) is -0.250. The van der Waals surface area contributed by atoms with E-state index >= 15 is 0 Å². The molecule has 1 fully saturated rings. The van der Waals surface area contributed by atoms with Crippen LogP contribution in [-0.2, 0) is 4.79 Å². The molecule has 3 amide bonds. The Morgan fingerprint density at radius 2 is 1.47 bits per heavy atom. The summed E-state index contributed by atoms with van der Waals surface area (Å²) in [5.41, 5.74) is 2.18. The quantitative estimate of drug-likeness (QED) is 0.461. The van der Waals surface area contributed by atoms with Crippen LogP contribution in [0.3, 0.4) is 0 Å². The fourth-order valence-corrected chi connectivity index (χ4v) is 4.68. The van der Waals surface area contributed by atoms with Crippen molar-refractivity contribution in [2.24, 2.45) is 5.92 Å². The van der Waals surface area contributed by atoms with E-state index in [0.29, 0.717) is 30.8 Å². The Balaban J connectivity index is 1.24. The van der Waals surface area contributed by atoms with Crippen LogP contribution in [0.2, 0.25) is 0 Å². The van der Waals surface area contributed by atoms with Crippen LogP contribution in [0.4, 0.5) is 0 Å². The smallest absolute Gasteiger partial charge is 0.261 e. The number of carbonyl (C=O) groups is 3. The molecule has 3 aromatic rings. The van der Waals surface area contributed by atoms with Crippen molar-refractivity contribution in [2.75, 3.05) is 19.6 Å². The van der Waals surface area contributed by atoms with Gasteiger partial charge in [0.05, 0.1) is 0 Å². The van der Waals surface area contributed by atoms with Gasteiger partial charge in [-0.15, -0.1) is 0 Å². The molecule has 2 aliphatic heterocycles. The van der Waals surface area contributed by atoms with E-state index in [1.165, 1.54) is 4.90 Å². The number of benzene rings is 3. The Morgan fingerprint density at radius 3 is 2.09 bits per heavy atom. The Bertz CT molecular complexity index is 1170. The topological polar surface area (TPSA) is 57.7 Å². The lowest BCUT2D eigenvalue weighted by Gasteiger charge is -2.35. The van der Waals surface area contributed by atoms with Gasteiger partial charge >= 0.3 is 0 Å². The third kappa shape index (κ3) is 3.71. The first-order valence-corrected chi connectivity index (χ1v) is 11.0. The predicted octanol–water partition coefficient (Wildman–Crippen LogP) is 4.39. The van der Waals surface area contributed by atoms with Crippen molar-refractivity contribution in [3.8, 4) is 0 Å². The molecular weight excluding hydrogens is 400 g/mol. The minimum atomic E-state index is -0.219. The van der Waals surface area contributed by atoms with Crippen LogP contribution in [-0.4, -0.2) is 47.2 Å². The van der Waals surface area contributed by atoms with E-state index in [4.69, 9.17) is 0 Å². The molecule has 0 radical (unpaired) electrons. The summed E-state index contributed by atoms with van der Waals surface area (Å²) in [4.78, 5) is 42.0. The molecule has 2 aliphatic rings. The third-order valence-corrected chi connectivity index (χ3v) is 6.44. The molecule has 5 heteroatoms. The molecule has 0 atom stereocenters. The zero-order valence-corrected chi connectivity index (χ0v) is 17.7. The number of hydrogen-bond donors (Lipinski definition) is 0. The van der Waals surface area contributed by atoms with E-state index in [-0.39, 0.29) is 23.6 Å². The molecule has 1 saturated heterocycles. The number of carbonyl (C=O) groups excluding carboxylic acids is 3. The average Bonchev–Trinajstić information content (AvgIpc) is 2.84. The Hall–Kier alpha value is -3.73. The number of likely N-dealkylation sites (tertiary alicyclic amines) is 1. The molecule has 5 rings (SSSR count). The fourth-order valence-electron chi connectivity index (χ4n) is 4.68. The first kappa shape index (κ1) is 20.2. The van der Waals surface area contributed by atoms with Gasteiger partial charge in [0.2, 0.25) is 5.91 Å². The lowest BCUT2D eigenvalue weighted by atomic mass is 9.91. The van der Waals surface area contributed by atoms with Crippen molar-refractivity contribution in [1.29, 1.82) is 0 Å². The highest BCUT2D eigenvalue weighted by Crippen LogP contribution is 2.31. The number of piperidine rings is 1. The van der Waals surface area contributed by atoms with Gasteiger partial charge in [-0.3, -0.25) is 19.3 Å². The minimum absolute atomic E-state index is 0.00182. The fraction of sp³-hybridized carbons (Fsp3) is 0.222. The van der Waals surface area contributed by atoms with Gasteiger partial charge in [0.15, 0.2) is 0 Å². The molecule has 5 nitrogen and oxygen atoms in total. The van der Waals surface area contributed by atoms with Gasteiger partial charge in [-0.05, 0) is 47.9 Å². The van der Waals surface area contributed by atoms with E-state index < -0.39 is 0 Å². The molecule has 160 valence electrons. The highest BCUT2D eigenvalue weighted by molar-refractivity contribution is 6.25. The molecule has 0 N–H and O–H groups in total. The van der Waals surface area contributed by atoms with Crippen LogP contribution < -0.4 is 0 Å². The average molecular weight is 425 g/mol. The summed E-state index contributed by atoms with van der Waals surface area (Å²) in [5, 5.41) is 1.67. The standard InChI is InChI=1S/C27H24N2O3/c30-24(13-12-19-6-2-1-3-7-19)28-16-14-20(15-17-28)18-29-26(31)22-10-4-8-21-9-5-11-23(25(21)22)27(29)32/h1-13,20H,14-18H2. The van der Waals surface area contributed by atoms with Gasteiger partial charge in [-0.25, -0.2) is 0 Å². The minimum Gasteiger partial charge on any atom is -0.339 e. The summed E-state index contributed by atoms with van der Waals surface area (Å²) < 4.78 is 0. The van der Waals surface area contributed by atoms with Crippen LogP contribution in [0, 0.1) is 5.92 Å². The molecule has 0 spiro atoms. The number of hydrogen-bond acceptors (Lipinski definition) is 3. The van der Waals surface area contributed by atoms with Gasteiger partial charge in [-0.1, -0.05) is 54.6 Å². The van der Waals surface area contributed by atoms with Crippen molar-refractivity contribution in [3.05, 3.63) is 89.5 Å². The maximum absolute atomic E-state index is 13.1. The lowest BCUT2D eigenvalue weighted by Crippen LogP contribution is -2.46. The van der Waals surface area contributed by atoms with Gasteiger partial charge < -0.3 is 4.90 Å². The highest BCUT2D eigenvalue weighted by atomic mass is 16.2. The van der Waals surface area contributed by atoms with E-state index in [0.717, 1.165) is 29.2 Å². The Kier molecular flexibility index (Phi) is 5.31. The van der Waals surface area contributed by atoms with E-state index in [1.807, 2.05) is 65.6 Å². The molecule has 32 heavy (non-hydrogen) atoms. The van der Waals surface area contributed by atoms with Crippen LogP contribution in [0.1, 0.15) is 39.1 Å². The molecule has 3 aromatic carbocycles. The number of nitrogens with zero attached hydrogens (tertiary/aromatic N) is 2. The maximum Gasteiger partial charge on any atom is 0.261 e. The molecule has 0 aliphatic carbocycles. The van der Waals surface area contributed by atoms with Crippen LogP contribution in [0.25, 0.3) is 16.8 Å². The van der Waals surface area contributed by atoms with Crippen LogP contribution in [0.5, 0.6) is 0 Å². The molecule has 0 unspecified atom stereocenters. The Labute approximate surface area is 186 Å². The Morgan fingerprint density at radius 1 is 0.844 bits per heavy atom. The zero-order chi connectivity index (χ0) is 22.1. The van der Waals surface area contributed by atoms with Gasteiger partial charge in [0.25, 0.3) is 11.8 Å². The van der Waals surface area contributed by atoms with Crippen molar-refractivity contribution < 1.29 is 14.4 Å². The number of rotatable bonds is 4. The van der Waals surface area contributed by atoms with Crippen molar-refractivity contribution in [3.63, 3.8) is 0 Å². The van der Waals surface area contributed by atoms with Gasteiger partial charge in [-0.2, -0.15) is 0 Å². The number of amides is 3. The largest absolute Gasteiger partial charge is 0.339 e. The first-order valence-electron chi connectivity index (χ1n) is 11.0. The number of imide groups is 1. The van der Waals surface area contributed by atoms with Crippen molar-refractivity contribution in [2.45, 2.75) is 12.8 Å². The predicted molar refractivity (Wildman–Crippen MR) is 124 cm³/mol. The summed E-state index contributed by atoms with van der Waals surface area (Å²) in [6, 6.07) is 20.9. The molecule has 0 aromatic heterocycles. The van der Waals surface area contributed by atoms with Gasteiger partial charge in [0, 0.05) is 42.2 Å². The lowest BCUT2D eigenvalue weighted by molar-refractivity contribution is -0.127. The van der Waals surface area contributed by atoms with E-state index in [2.05, 4.69) is 0 Å². The maximum atomic E-state index is 13.1. The normalized spacial score (nSPS) is 16.9. The SMILES string of the molecule is O=C(C=Cc1ccccc1)N1CCC(CN2C(=O)c3cccc4cccc(c34)C2=O)CC1. The van der Waals surface area contributed by atoms with E-state index in [9.17, 15) is 14.4 Å². The van der Waals surface area contributed by atoms with Crippen molar-refractivity contribution >= 4 is 34.6 Å². The molecular formula is C27H24N2O3. The van der Waals surface area contributed by atoms with E-state index in [1.54, 1.807) is 18.2 Å². The molecule has 0 saturated carbocycles. The van der Waals surface area contributed by atoms with Crippen LogP contribution in [0.15, 0.2) is 72.8 Å². The first-order chi connectivity index (χ1) is 15.6. The van der Waals surface area contributed by atoms with Crippen LogP contribution >= 0.6 is 0 Å². The second-order valence-corrected chi connectivity index (χ2v) is 8.44. The zero-order valence-electron chi connectivity index (χ0n) is 17.7. The summed E-state index contributed by atoms with van der Waals surface area (Å²) in [6.45, 7) is 1.65. The summed E-state index contributed by atoms with van der Waals surface area (Å²) in [7, 11) is 0. The second-order valence-electron chi connectivity index (χ2n) is 8.44. The summed E-state index contributed by atoms with van der Waals surface area (Å²) in [6.07, 6.45) is 4.99. The summed E-state index contributed by atoms with van der Waals surface area (Å²) >= 11 is 0. The van der Waals surface area contributed by atoms with Gasteiger partial charge in [0.1, 0.15) is 0 Å². The monoisotopic (exact) mass is 424 g/mol. The molecule has 0 bridgehead atoms. The second kappa shape index (κ2) is 8.42.